The van der Waals surface area contributed by atoms with Crippen LogP contribution in [0.15, 0.2) is 18.2 Å². The van der Waals surface area contributed by atoms with Gasteiger partial charge in [0, 0.05) is 25.0 Å². The molecule has 0 amide bonds. The average Bonchev–Trinajstić information content (AvgIpc) is 2.80. The van der Waals surface area contributed by atoms with E-state index >= 15 is 0 Å². The van der Waals surface area contributed by atoms with Gasteiger partial charge in [-0.2, -0.15) is 0 Å². The van der Waals surface area contributed by atoms with Crippen LogP contribution in [0.1, 0.15) is 96.1 Å². The summed E-state index contributed by atoms with van der Waals surface area (Å²) in [4.78, 5) is 12.5. The van der Waals surface area contributed by atoms with Gasteiger partial charge < -0.3 is 14.8 Å². The van der Waals surface area contributed by atoms with E-state index in [9.17, 15) is 4.79 Å². The van der Waals surface area contributed by atoms with Crippen LogP contribution in [0.4, 0.5) is 0 Å². The number of carbonyl (C=O) groups is 1. The van der Waals surface area contributed by atoms with E-state index in [4.69, 9.17) is 4.74 Å². The summed E-state index contributed by atoms with van der Waals surface area (Å²) in [6, 6.07) is 7.89. The number of rotatable bonds is 14. The molecule has 1 fully saturated rings. The molecular weight excluding hydrogens is 396 g/mol. The highest BCUT2D eigenvalue weighted by molar-refractivity contribution is 5.48. The van der Waals surface area contributed by atoms with E-state index in [-0.39, 0.29) is 0 Å². The zero-order valence-electron chi connectivity index (χ0n) is 21.6. The third-order valence-electron chi connectivity index (χ3n) is 6.41. The van der Waals surface area contributed by atoms with Crippen molar-refractivity contribution in [3.8, 4) is 5.75 Å². The summed E-state index contributed by atoms with van der Waals surface area (Å²) in [6.45, 7) is 12.0. The Morgan fingerprint density at radius 2 is 1.94 bits per heavy atom. The number of unbranched alkanes of at least 4 members (excludes halogenated alkanes) is 5. The maximum absolute atomic E-state index is 9.84. The Hall–Kier alpha value is -1.39. The summed E-state index contributed by atoms with van der Waals surface area (Å²) in [7, 11) is 2.09. The van der Waals surface area contributed by atoms with Gasteiger partial charge in [-0.1, -0.05) is 58.1 Å². The van der Waals surface area contributed by atoms with Gasteiger partial charge in [0.05, 0.1) is 6.61 Å². The van der Waals surface area contributed by atoms with Crippen LogP contribution in [0.3, 0.4) is 0 Å². The molecule has 2 atom stereocenters. The Kier molecular flexibility index (Phi) is 16.2. The van der Waals surface area contributed by atoms with E-state index in [1.807, 2.05) is 0 Å². The van der Waals surface area contributed by atoms with Crippen LogP contribution in [0.25, 0.3) is 0 Å². The van der Waals surface area contributed by atoms with Gasteiger partial charge >= 0.3 is 0 Å². The van der Waals surface area contributed by atoms with Crippen molar-refractivity contribution in [3.05, 3.63) is 29.3 Å². The van der Waals surface area contributed by atoms with Gasteiger partial charge in [-0.15, -0.1) is 0 Å². The highest BCUT2D eigenvalue weighted by Crippen LogP contribution is 2.21. The van der Waals surface area contributed by atoms with Crippen LogP contribution in [-0.2, 0) is 11.2 Å². The topological polar surface area (TPSA) is 41.6 Å². The van der Waals surface area contributed by atoms with Gasteiger partial charge in [0.15, 0.2) is 0 Å². The van der Waals surface area contributed by atoms with E-state index in [0.717, 1.165) is 56.9 Å². The van der Waals surface area contributed by atoms with Gasteiger partial charge in [-0.05, 0) is 76.7 Å². The Morgan fingerprint density at radius 3 is 2.56 bits per heavy atom. The number of benzene rings is 1. The SMILES string of the molecule is CCCCCCCC=O.CCCOc1ccc(CC(CN2CCCCC2C)NC)cc1C. The Labute approximate surface area is 198 Å². The lowest BCUT2D eigenvalue weighted by molar-refractivity contribution is -0.107. The van der Waals surface area contributed by atoms with E-state index in [2.05, 4.69) is 63.2 Å². The Morgan fingerprint density at radius 1 is 1.16 bits per heavy atom. The number of piperidine rings is 1. The molecular formula is C28H50N2O2. The molecule has 1 aliphatic rings. The van der Waals surface area contributed by atoms with Crippen LogP contribution in [0, 0.1) is 6.92 Å². The molecule has 1 saturated heterocycles. The molecule has 32 heavy (non-hydrogen) atoms. The Balaban J connectivity index is 0.000000482. The standard InChI is InChI=1S/C20H34N2O.C8H16O/c1-5-12-23-20-10-9-18(13-16(20)2)14-19(21-4)15-22-11-7-6-8-17(22)3;1-2-3-4-5-6-7-8-9/h9-10,13,17,19,21H,5-8,11-12,14-15H2,1-4H3;8H,2-7H2,1H3. The second kappa shape index (κ2) is 18.1. The first-order valence-electron chi connectivity index (χ1n) is 13.1. The van der Waals surface area contributed by atoms with Crippen molar-refractivity contribution in [3.63, 3.8) is 0 Å². The predicted octanol–water partition coefficient (Wildman–Crippen LogP) is 6.33. The van der Waals surface area contributed by atoms with Crippen molar-refractivity contribution in [1.29, 1.82) is 0 Å². The van der Waals surface area contributed by atoms with Gasteiger partial charge in [0.1, 0.15) is 12.0 Å². The molecule has 2 unspecified atom stereocenters. The van der Waals surface area contributed by atoms with Gasteiger partial charge in [0.2, 0.25) is 0 Å². The molecule has 184 valence electrons. The van der Waals surface area contributed by atoms with Crippen molar-refractivity contribution < 1.29 is 9.53 Å². The number of aldehydes is 1. The minimum atomic E-state index is 0.511. The fourth-order valence-corrected chi connectivity index (χ4v) is 4.30. The number of likely N-dealkylation sites (N-methyl/N-ethyl adjacent to an activating group) is 1. The maximum atomic E-state index is 9.84. The van der Waals surface area contributed by atoms with Crippen LogP contribution in [0.2, 0.25) is 0 Å². The van der Waals surface area contributed by atoms with Crippen molar-refractivity contribution in [2.75, 3.05) is 26.7 Å². The molecule has 1 aromatic rings. The number of carbonyl (C=O) groups excluding carboxylic acids is 1. The molecule has 0 saturated carbocycles. The number of ether oxygens (including phenoxy) is 1. The van der Waals surface area contributed by atoms with Crippen LogP contribution in [0.5, 0.6) is 5.75 Å². The molecule has 0 aliphatic carbocycles. The van der Waals surface area contributed by atoms with E-state index in [0.29, 0.717) is 6.04 Å². The molecule has 2 rings (SSSR count). The highest BCUT2D eigenvalue weighted by Gasteiger charge is 2.21. The lowest BCUT2D eigenvalue weighted by atomic mass is 9.99. The number of likely N-dealkylation sites (tertiary alicyclic amines) is 1. The molecule has 1 aliphatic heterocycles. The van der Waals surface area contributed by atoms with E-state index in [1.165, 1.54) is 62.6 Å². The van der Waals surface area contributed by atoms with Crippen molar-refractivity contribution in [2.24, 2.45) is 0 Å². The number of hydrogen-bond acceptors (Lipinski definition) is 4. The minimum absolute atomic E-state index is 0.511. The third-order valence-corrected chi connectivity index (χ3v) is 6.41. The molecule has 0 bridgehead atoms. The second-order valence-electron chi connectivity index (χ2n) is 9.35. The number of aryl methyl sites for hydroxylation is 1. The summed E-state index contributed by atoms with van der Waals surface area (Å²) in [5, 5.41) is 3.51. The first-order chi connectivity index (χ1) is 15.5. The maximum Gasteiger partial charge on any atom is 0.122 e. The van der Waals surface area contributed by atoms with Gasteiger partial charge in [0.25, 0.3) is 0 Å². The number of nitrogens with zero attached hydrogens (tertiary/aromatic N) is 1. The van der Waals surface area contributed by atoms with E-state index < -0.39 is 0 Å². The summed E-state index contributed by atoms with van der Waals surface area (Å²) < 4.78 is 5.78. The van der Waals surface area contributed by atoms with Gasteiger partial charge in [-0.25, -0.2) is 0 Å². The fourth-order valence-electron chi connectivity index (χ4n) is 4.30. The first kappa shape index (κ1) is 28.6. The predicted molar refractivity (Wildman–Crippen MR) is 138 cm³/mol. The Bertz CT molecular complexity index is 605. The smallest absolute Gasteiger partial charge is 0.122 e. The molecule has 1 heterocycles. The van der Waals surface area contributed by atoms with Crippen molar-refractivity contribution in [1.82, 2.24) is 10.2 Å². The normalized spacial score (nSPS) is 17.3. The molecule has 0 aromatic heterocycles. The van der Waals surface area contributed by atoms with Crippen molar-refractivity contribution >= 4 is 6.29 Å². The third kappa shape index (κ3) is 12.0. The highest BCUT2D eigenvalue weighted by atomic mass is 16.5. The summed E-state index contributed by atoms with van der Waals surface area (Å²) in [6.07, 6.45) is 14.2. The average molecular weight is 447 g/mol. The van der Waals surface area contributed by atoms with Crippen LogP contribution in [-0.4, -0.2) is 50.0 Å². The van der Waals surface area contributed by atoms with Crippen LogP contribution < -0.4 is 10.1 Å². The zero-order chi connectivity index (χ0) is 23.6. The molecule has 0 radical (unpaired) electrons. The largest absolute Gasteiger partial charge is 0.493 e. The fraction of sp³-hybridized carbons (Fsp3) is 0.750. The quantitative estimate of drug-likeness (QED) is 0.268. The first-order valence-corrected chi connectivity index (χ1v) is 13.1. The molecule has 1 aromatic carbocycles. The molecule has 4 heteroatoms. The summed E-state index contributed by atoms with van der Waals surface area (Å²) >= 11 is 0. The molecule has 0 spiro atoms. The monoisotopic (exact) mass is 446 g/mol. The number of nitrogens with one attached hydrogen (secondary N) is 1. The van der Waals surface area contributed by atoms with Gasteiger partial charge in [-0.3, -0.25) is 4.90 Å². The van der Waals surface area contributed by atoms with Crippen molar-refractivity contribution in [2.45, 2.75) is 110 Å². The minimum Gasteiger partial charge on any atom is -0.493 e. The lowest BCUT2D eigenvalue weighted by Crippen LogP contribution is -2.46. The lowest BCUT2D eigenvalue weighted by Gasteiger charge is -2.36. The number of hydrogen-bond donors (Lipinski definition) is 1. The second-order valence-corrected chi connectivity index (χ2v) is 9.35. The molecule has 4 nitrogen and oxygen atoms in total. The van der Waals surface area contributed by atoms with Crippen LogP contribution >= 0.6 is 0 Å². The molecule has 1 N–H and O–H groups in total. The zero-order valence-corrected chi connectivity index (χ0v) is 21.6. The summed E-state index contributed by atoms with van der Waals surface area (Å²) in [5.74, 6) is 1.03. The van der Waals surface area contributed by atoms with E-state index in [1.54, 1.807) is 0 Å². The summed E-state index contributed by atoms with van der Waals surface area (Å²) in [5.41, 5.74) is 2.65.